The molecule has 1 aromatic carbocycles. The molecule has 0 radical (unpaired) electrons. The molecule has 0 spiro atoms. The van der Waals surface area contributed by atoms with Crippen LogP contribution in [0.15, 0.2) is 30.6 Å². The number of hydrogen-bond acceptors (Lipinski definition) is 3. The van der Waals surface area contributed by atoms with Crippen LogP contribution < -0.4 is 5.32 Å². The second-order valence-electron chi connectivity index (χ2n) is 4.92. The minimum atomic E-state index is -1.01. The normalized spacial score (nSPS) is 12.0. The van der Waals surface area contributed by atoms with Gasteiger partial charge < -0.3 is 10.4 Å². The van der Waals surface area contributed by atoms with Crippen LogP contribution in [0.5, 0.6) is 0 Å². The summed E-state index contributed by atoms with van der Waals surface area (Å²) in [6.07, 6.45) is 3.30. The summed E-state index contributed by atoms with van der Waals surface area (Å²) in [4.78, 5) is 23.4. The molecule has 0 bridgehead atoms. The highest BCUT2D eigenvalue weighted by atomic mass is 16.4. The van der Waals surface area contributed by atoms with E-state index in [1.165, 1.54) is 10.7 Å². The van der Waals surface area contributed by atoms with Gasteiger partial charge in [-0.3, -0.25) is 9.48 Å². The Labute approximate surface area is 122 Å². The summed E-state index contributed by atoms with van der Waals surface area (Å²) in [6.45, 7) is 5.28. The zero-order valence-corrected chi connectivity index (χ0v) is 12.1. The number of aryl methyl sites for hydroxylation is 1. The first-order chi connectivity index (χ1) is 9.90. The minimum absolute atomic E-state index is 0.192. The molecule has 0 saturated carbocycles. The smallest absolute Gasteiger partial charge is 0.336 e. The summed E-state index contributed by atoms with van der Waals surface area (Å²) in [6, 6.07) is 4.49. The van der Waals surface area contributed by atoms with Crippen molar-refractivity contribution in [2.75, 3.05) is 5.32 Å². The van der Waals surface area contributed by atoms with E-state index in [0.29, 0.717) is 11.3 Å². The van der Waals surface area contributed by atoms with Crippen LogP contribution in [0, 0.1) is 13.8 Å². The Bertz CT molecular complexity index is 678. The maximum Gasteiger partial charge on any atom is 0.336 e. The lowest BCUT2D eigenvalue weighted by Crippen LogP contribution is -2.24. The number of carboxylic acid groups (broad SMARTS) is 1. The zero-order valence-electron chi connectivity index (χ0n) is 12.1. The van der Waals surface area contributed by atoms with Crippen LogP contribution >= 0.6 is 0 Å². The summed E-state index contributed by atoms with van der Waals surface area (Å²) in [5.41, 5.74) is 2.18. The Balaban J connectivity index is 2.24. The molecular weight excluding hydrogens is 270 g/mol. The maximum atomic E-state index is 12.2. The Hall–Kier alpha value is -2.63. The molecule has 0 aliphatic carbocycles. The highest BCUT2D eigenvalue weighted by molar-refractivity contribution is 5.96. The molecule has 1 aromatic heterocycles. The predicted octanol–water partition coefficient (Wildman–Crippen LogP) is 2.40. The Morgan fingerprint density at radius 1 is 1.33 bits per heavy atom. The lowest BCUT2D eigenvalue weighted by atomic mass is 10.0. The van der Waals surface area contributed by atoms with Gasteiger partial charge in [0.1, 0.15) is 6.04 Å². The number of nitrogens with one attached hydrogen (secondary N) is 1. The van der Waals surface area contributed by atoms with Gasteiger partial charge in [0, 0.05) is 18.1 Å². The fourth-order valence-electron chi connectivity index (χ4n) is 2.03. The van der Waals surface area contributed by atoms with E-state index in [1.54, 1.807) is 38.4 Å². The Morgan fingerprint density at radius 3 is 2.62 bits per heavy atom. The number of rotatable bonds is 4. The SMILES string of the molecule is Cc1cc(NC(=O)C(C)n2cccn2)cc(C(=O)O)c1C. The molecule has 2 N–H and O–H groups in total. The van der Waals surface area contributed by atoms with Crippen LogP contribution in [0.2, 0.25) is 0 Å². The first-order valence-corrected chi connectivity index (χ1v) is 6.54. The summed E-state index contributed by atoms with van der Waals surface area (Å²) >= 11 is 0. The first-order valence-electron chi connectivity index (χ1n) is 6.54. The molecule has 0 fully saturated rings. The molecule has 1 unspecified atom stereocenters. The van der Waals surface area contributed by atoms with E-state index in [1.807, 2.05) is 6.92 Å². The molecule has 1 atom stereocenters. The molecule has 21 heavy (non-hydrogen) atoms. The molecule has 0 aliphatic rings. The second kappa shape index (κ2) is 5.78. The predicted molar refractivity (Wildman–Crippen MR) is 78.4 cm³/mol. The minimum Gasteiger partial charge on any atom is -0.478 e. The van der Waals surface area contributed by atoms with Crippen molar-refractivity contribution in [1.82, 2.24) is 9.78 Å². The number of carbonyl (C=O) groups is 2. The molecule has 0 aliphatic heterocycles. The highest BCUT2D eigenvalue weighted by Crippen LogP contribution is 2.21. The van der Waals surface area contributed by atoms with Crippen LogP contribution in [0.25, 0.3) is 0 Å². The summed E-state index contributed by atoms with van der Waals surface area (Å²) < 4.78 is 1.54. The zero-order chi connectivity index (χ0) is 15.6. The standard InChI is InChI=1S/C15H17N3O3/c1-9-7-12(8-13(10(9)2)15(20)21)17-14(19)11(3)18-6-4-5-16-18/h4-8,11H,1-3H3,(H,17,19)(H,20,21). The lowest BCUT2D eigenvalue weighted by molar-refractivity contribution is -0.119. The van der Waals surface area contributed by atoms with E-state index < -0.39 is 12.0 Å². The van der Waals surface area contributed by atoms with Gasteiger partial charge in [0.15, 0.2) is 0 Å². The van der Waals surface area contributed by atoms with Crippen LogP contribution in [-0.4, -0.2) is 26.8 Å². The molecule has 0 saturated heterocycles. The van der Waals surface area contributed by atoms with Gasteiger partial charge in [-0.05, 0) is 50.1 Å². The van der Waals surface area contributed by atoms with Crippen LogP contribution in [0.3, 0.4) is 0 Å². The third kappa shape index (κ3) is 3.10. The van der Waals surface area contributed by atoms with Crippen molar-refractivity contribution >= 4 is 17.6 Å². The van der Waals surface area contributed by atoms with Crippen molar-refractivity contribution in [3.05, 3.63) is 47.3 Å². The average Bonchev–Trinajstić information content (AvgIpc) is 2.95. The summed E-state index contributed by atoms with van der Waals surface area (Å²) in [7, 11) is 0. The van der Waals surface area contributed by atoms with Gasteiger partial charge >= 0.3 is 5.97 Å². The van der Waals surface area contributed by atoms with Gasteiger partial charge in [-0.1, -0.05) is 0 Å². The van der Waals surface area contributed by atoms with E-state index in [4.69, 9.17) is 0 Å². The van der Waals surface area contributed by atoms with Gasteiger partial charge in [-0.15, -0.1) is 0 Å². The number of nitrogens with zero attached hydrogens (tertiary/aromatic N) is 2. The van der Waals surface area contributed by atoms with E-state index >= 15 is 0 Å². The van der Waals surface area contributed by atoms with Crippen molar-refractivity contribution in [2.45, 2.75) is 26.8 Å². The Kier molecular flexibility index (Phi) is 4.07. The van der Waals surface area contributed by atoms with E-state index in [-0.39, 0.29) is 11.5 Å². The third-order valence-electron chi connectivity index (χ3n) is 3.47. The number of anilines is 1. The quantitative estimate of drug-likeness (QED) is 0.904. The third-order valence-corrected chi connectivity index (χ3v) is 3.47. The van der Waals surface area contributed by atoms with Crippen molar-refractivity contribution in [1.29, 1.82) is 0 Å². The number of amides is 1. The van der Waals surface area contributed by atoms with E-state index in [9.17, 15) is 14.7 Å². The molecule has 110 valence electrons. The maximum absolute atomic E-state index is 12.2. The van der Waals surface area contributed by atoms with Crippen LogP contribution in [0.4, 0.5) is 5.69 Å². The van der Waals surface area contributed by atoms with Gasteiger partial charge in [0.2, 0.25) is 5.91 Å². The molecule has 1 heterocycles. The highest BCUT2D eigenvalue weighted by Gasteiger charge is 2.17. The van der Waals surface area contributed by atoms with Crippen molar-refractivity contribution in [3.63, 3.8) is 0 Å². The number of carbonyl (C=O) groups excluding carboxylic acids is 1. The van der Waals surface area contributed by atoms with Gasteiger partial charge in [-0.2, -0.15) is 5.10 Å². The molecule has 2 rings (SSSR count). The number of carboxylic acids is 1. The number of aromatic nitrogens is 2. The first kappa shape index (κ1) is 14.8. The average molecular weight is 287 g/mol. The number of hydrogen-bond donors (Lipinski definition) is 2. The molecule has 1 amide bonds. The molecule has 6 heteroatoms. The fraction of sp³-hybridized carbons (Fsp3) is 0.267. The molecular formula is C15H17N3O3. The molecule has 6 nitrogen and oxygen atoms in total. The fourth-order valence-corrected chi connectivity index (χ4v) is 2.03. The van der Waals surface area contributed by atoms with Gasteiger partial charge in [0.05, 0.1) is 5.56 Å². The second-order valence-corrected chi connectivity index (χ2v) is 4.92. The van der Waals surface area contributed by atoms with Crippen molar-refractivity contribution < 1.29 is 14.7 Å². The topological polar surface area (TPSA) is 84.2 Å². The monoisotopic (exact) mass is 287 g/mol. The van der Waals surface area contributed by atoms with Crippen molar-refractivity contribution in [3.8, 4) is 0 Å². The summed E-state index contributed by atoms with van der Waals surface area (Å²) in [5.74, 6) is -1.26. The van der Waals surface area contributed by atoms with Gasteiger partial charge in [-0.25, -0.2) is 4.79 Å². The largest absolute Gasteiger partial charge is 0.478 e. The van der Waals surface area contributed by atoms with Crippen molar-refractivity contribution in [2.24, 2.45) is 0 Å². The van der Waals surface area contributed by atoms with Gasteiger partial charge in [0.25, 0.3) is 0 Å². The van der Waals surface area contributed by atoms with E-state index in [2.05, 4.69) is 10.4 Å². The molecule has 2 aromatic rings. The Morgan fingerprint density at radius 2 is 2.05 bits per heavy atom. The summed E-state index contributed by atoms with van der Waals surface area (Å²) in [5, 5.41) is 15.9. The lowest BCUT2D eigenvalue weighted by Gasteiger charge is -2.14. The number of aromatic carboxylic acids is 1. The number of benzene rings is 1. The van der Waals surface area contributed by atoms with E-state index in [0.717, 1.165) is 5.56 Å². The van der Waals surface area contributed by atoms with Crippen LogP contribution in [0.1, 0.15) is 34.5 Å². The van der Waals surface area contributed by atoms with Crippen LogP contribution in [-0.2, 0) is 4.79 Å².